The van der Waals surface area contributed by atoms with Crippen molar-refractivity contribution >= 4 is 11.9 Å². The van der Waals surface area contributed by atoms with Crippen LogP contribution < -0.4 is 10.1 Å². The third kappa shape index (κ3) is 3.07. The second kappa shape index (κ2) is 6.33. The van der Waals surface area contributed by atoms with Crippen molar-refractivity contribution in [3.8, 4) is 16.9 Å². The molecule has 4 rings (SSSR count). The van der Waals surface area contributed by atoms with Gasteiger partial charge in [-0.05, 0) is 29.3 Å². The molecule has 0 saturated carbocycles. The summed E-state index contributed by atoms with van der Waals surface area (Å²) in [6.07, 6.45) is 4.08. The Morgan fingerprint density at radius 3 is 3.04 bits per heavy atom. The molecule has 1 aromatic carbocycles. The smallest absolute Gasteiger partial charge is 0.259 e. The van der Waals surface area contributed by atoms with E-state index in [0.29, 0.717) is 12.2 Å². The number of rotatable bonds is 4. The van der Waals surface area contributed by atoms with Gasteiger partial charge in [0, 0.05) is 24.4 Å². The Kier molecular flexibility index (Phi) is 3.87. The summed E-state index contributed by atoms with van der Waals surface area (Å²) in [5.74, 6) is 0.925. The highest BCUT2D eigenvalue weighted by Crippen LogP contribution is 2.30. The molecular formula is C17H15N5O3. The molecule has 1 aliphatic rings. The van der Waals surface area contributed by atoms with Crippen LogP contribution in [0.5, 0.6) is 5.75 Å². The number of hydrogen-bond acceptors (Lipinski definition) is 6. The summed E-state index contributed by atoms with van der Waals surface area (Å²) in [6, 6.07) is 7.71. The van der Waals surface area contributed by atoms with Crippen LogP contribution in [0.2, 0.25) is 0 Å². The van der Waals surface area contributed by atoms with Gasteiger partial charge in [0.2, 0.25) is 5.95 Å². The number of H-pyrrole nitrogens is 1. The van der Waals surface area contributed by atoms with E-state index in [9.17, 15) is 4.79 Å². The van der Waals surface area contributed by atoms with Crippen LogP contribution in [0.4, 0.5) is 5.95 Å². The van der Waals surface area contributed by atoms with Crippen molar-refractivity contribution in [2.24, 2.45) is 0 Å². The third-order valence-corrected chi connectivity index (χ3v) is 3.93. The number of carbonyl (C=O) groups is 1. The first-order chi connectivity index (χ1) is 12.2. The number of hydrogen-bond donors (Lipinski definition) is 3. The fraction of sp³-hybridized carbons (Fsp3) is 0.176. The molecule has 3 heterocycles. The SMILES string of the molecule is O=C(Nc1n[nH]c(CO)n1)c1cncc(-c2ccc3c(c2)CCO3)c1. The predicted octanol–water partition coefficient (Wildman–Crippen LogP) is 1.55. The highest BCUT2D eigenvalue weighted by molar-refractivity contribution is 6.03. The summed E-state index contributed by atoms with van der Waals surface area (Å²) in [7, 11) is 0. The zero-order chi connectivity index (χ0) is 17.2. The van der Waals surface area contributed by atoms with Crippen LogP contribution in [-0.2, 0) is 13.0 Å². The van der Waals surface area contributed by atoms with Crippen LogP contribution in [0, 0.1) is 0 Å². The van der Waals surface area contributed by atoms with Gasteiger partial charge in [0.05, 0.1) is 12.2 Å². The van der Waals surface area contributed by atoms with Crippen LogP contribution >= 0.6 is 0 Å². The Bertz CT molecular complexity index is 938. The molecule has 8 nitrogen and oxygen atoms in total. The van der Waals surface area contributed by atoms with Gasteiger partial charge >= 0.3 is 0 Å². The summed E-state index contributed by atoms with van der Waals surface area (Å²) < 4.78 is 5.51. The van der Waals surface area contributed by atoms with Gasteiger partial charge in [-0.15, -0.1) is 5.10 Å². The number of fused-ring (bicyclic) bond motifs is 1. The second-order valence-electron chi connectivity index (χ2n) is 5.60. The Morgan fingerprint density at radius 2 is 2.20 bits per heavy atom. The van der Waals surface area contributed by atoms with Crippen molar-refractivity contribution in [1.29, 1.82) is 0 Å². The first kappa shape index (κ1) is 15.3. The first-order valence-corrected chi connectivity index (χ1v) is 7.77. The number of aliphatic hydroxyl groups is 1. The first-order valence-electron chi connectivity index (χ1n) is 7.77. The van der Waals surface area contributed by atoms with E-state index in [4.69, 9.17) is 9.84 Å². The van der Waals surface area contributed by atoms with Crippen molar-refractivity contribution in [2.75, 3.05) is 11.9 Å². The maximum Gasteiger partial charge on any atom is 0.259 e. The fourth-order valence-corrected chi connectivity index (χ4v) is 2.68. The summed E-state index contributed by atoms with van der Waals surface area (Å²) in [5.41, 5.74) is 3.37. The number of aliphatic hydroxyl groups excluding tert-OH is 1. The van der Waals surface area contributed by atoms with Crippen LogP contribution in [0.25, 0.3) is 11.1 Å². The molecule has 3 aromatic rings. The average molecular weight is 337 g/mol. The number of pyridine rings is 1. The number of aromatic amines is 1. The van der Waals surface area contributed by atoms with Crippen molar-refractivity contribution in [3.05, 3.63) is 53.6 Å². The van der Waals surface area contributed by atoms with Gasteiger partial charge < -0.3 is 9.84 Å². The Labute approximate surface area is 142 Å². The van der Waals surface area contributed by atoms with Crippen molar-refractivity contribution in [1.82, 2.24) is 20.2 Å². The predicted molar refractivity (Wildman–Crippen MR) is 89.1 cm³/mol. The van der Waals surface area contributed by atoms with Crippen LogP contribution in [-0.4, -0.2) is 37.8 Å². The molecule has 0 saturated heterocycles. The monoisotopic (exact) mass is 337 g/mol. The molecule has 8 heteroatoms. The number of ether oxygens (including phenoxy) is 1. The van der Waals surface area contributed by atoms with E-state index in [2.05, 4.69) is 31.5 Å². The Morgan fingerprint density at radius 1 is 1.28 bits per heavy atom. The number of benzene rings is 1. The lowest BCUT2D eigenvalue weighted by Gasteiger charge is -2.06. The fourth-order valence-electron chi connectivity index (χ4n) is 2.68. The molecule has 0 radical (unpaired) electrons. The van der Waals surface area contributed by atoms with E-state index in [1.54, 1.807) is 12.3 Å². The largest absolute Gasteiger partial charge is 0.493 e. The third-order valence-electron chi connectivity index (χ3n) is 3.93. The molecule has 3 N–H and O–H groups in total. The molecule has 0 spiro atoms. The maximum atomic E-state index is 12.4. The number of anilines is 1. The minimum absolute atomic E-state index is 0.106. The number of carbonyl (C=O) groups excluding carboxylic acids is 1. The molecule has 2 aromatic heterocycles. The highest BCUT2D eigenvalue weighted by atomic mass is 16.5. The van der Waals surface area contributed by atoms with Crippen LogP contribution in [0.15, 0.2) is 36.7 Å². The Balaban J connectivity index is 1.57. The summed E-state index contributed by atoms with van der Waals surface area (Å²) in [5, 5.41) is 17.9. The standard InChI is InChI=1S/C17H15N5O3/c23-9-15-19-17(22-21-15)20-16(24)13-6-12(7-18-8-13)10-1-2-14-11(5-10)3-4-25-14/h1-2,5-8,23H,3-4,9H2,(H2,19,20,21,22,24). The number of amides is 1. The minimum atomic E-state index is -0.373. The molecule has 25 heavy (non-hydrogen) atoms. The van der Waals surface area contributed by atoms with Gasteiger partial charge in [-0.2, -0.15) is 4.98 Å². The maximum absolute atomic E-state index is 12.4. The van der Waals surface area contributed by atoms with E-state index in [-0.39, 0.29) is 24.3 Å². The quantitative estimate of drug-likeness (QED) is 0.666. The van der Waals surface area contributed by atoms with Gasteiger partial charge in [-0.1, -0.05) is 6.07 Å². The van der Waals surface area contributed by atoms with Gasteiger partial charge in [-0.3, -0.25) is 20.2 Å². The van der Waals surface area contributed by atoms with Gasteiger partial charge in [0.25, 0.3) is 5.91 Å². The van der Waals surface area contributed by atoms with E-state index < -0.39 is 0 Å². The number of nitrogens with zero attached hydrogens (tertiary/aromatic N) is 3. The zero-order valence-electron chi connectivity index (χ0n) is 13.2. The van der Waals surface area contributed by atoms with E-state index in [0.717, 1.165) is 28.9 Å². The van der Waals surface area contributed by atoms with E-state index >= 15 is 0 Å². The van der Waals surface area contributed by atoms with Gasteiger partial charge in [0.1, 0.15) is 12.4 Å². The van der Waals surface area contributed by atoms with Gasteiger partial charge in [0.15, 0.2) is 5.82 Å². The van der Waals surface area contributed by atoms with Gasteiger partial charge in [-0.25, -0.2) is 0 Å². The summed E-state index contributed by atoms with van der Waals surface area (Å²) >= 11 is 0. The van der Waals surface area contributed by atoms with Crippen molar-refractivity contribution in [3.63, 3.8) is 0 Å². The summed E-state index contributed by atoms with van der Waals surface area (Å²) in [4.78, 5) is 20.4. The van der Waals surface area contributed by atoms with Crippen LogP contribution in [0.3, 0.4) is 0 Å². The normalized spacial score (nSPS) is 12.5. The number of nitrogens with one attached hydrogen (secondary N) is 2. The van der Waals surface area contributed by atoms with Crippen molar-refractivity contribution < 1.29 is 14.6 Å². The Hall–Kier alpha value is -3.26. The average Bonchev–Trinajstić information content (AvgIpc) is 3.30. The second-order valence-corrected chi connectivity index (χ2v) is 5.60. The molecule has 0 unspecified atom stereocenters. The number of aromatic nitrogens is 4. The van der Waals surface area contributed by atoms with Crippen LogP contribution in [0.1, 0.15) is 21.7 Å². The van der Waals surface area contributed by atoms with Crippen molar-refractivity contribution in [2.45, 2.75) is 13.0 Å². The molecule has 0 atom stereocenters. The lowest BCUT2D eigenvalue weighted by Crippen LogP contribution is -2.13. The topological polar surface area (TPSA) is 113 Å². The van der Waals surface area contributed by atoms with E-state index in [1.807, 2.05) is 12.1 Å². The molecule has 126 valence electrons. The summed E-state index contributed by atoms with van der Waals surface area (Å²) in [6.45, 7) is 0.425. The minimum Gasteiger partial charge on any atom is -0.493 e. The lowest BCUT2D eigenvalue weighted by molar-refractivity contribution is 0.102. The molecular weight excluding hydrogens is 322 g/mol. The molecule has 0 fully saturated rings. The molecule has 1 amide bonds. The molecule has 0 bridgehead atoms. The lowest BCUT2D eigenvalue weighted by atomic mass is 10.0. The van der Waals surface area contributed by atoms with E-state index in [1.165, 1.54) is 6.20 Å². The molecule has 0 aliphatic carbocycles. The highest BCUT2D eigenvalue weighted by Gasteiger charge is 2.14. The molecule has 1 aliphatic heterocycles. The zero-order valence-corrected chi connectivity index (χ0v) is 13.2.